The number of Topliss-reactive ketones (excluding diaryl/α,β-unsaturated/α-hetero) is 1. The summed E-state index contributed by atoms with van der Waals surface area (Å²) in [7, 11) is 1.54. The molecule has 0 radical (unpaired) electrons. The summed E-state index contributed by atoms with van der Waals surface area (Å²) < 4.78 is 5.84. The monoisotopic (exact) mass is 606 g/mol. The summed E-state index contributed by atoms with van der Waals surface area (Å²) in [4.78, 5) is 28.0. The molecule has 210 valence electrons. The number of anilines is 2. The van der Waals surface area contributed by atoms with E-state index < -0.39 is 5.92 Å². The van der Waals surface area contributed by atoms with Crippen molar-refractivity contribution in [1.82, 2.24) is 10.2 Å². The van der Waals surface area contributed by atoms with Gasteiger partial charge in [0.05, 0.1) is 36.1 Å². The predicted molar refractivity (Wildman–Crippen MR) is 161 cm³/mol. The molecule has 1 amide bonds. The fourth-order valence-corrected chi connectivity index (χ4v) is 7.04. The van der Waals surface area contributed by atoms with Crippen molar-refractivity contribution in [2.24, 2.45) is 11.1 Å². The number of aromatic nitrogens is 2. The molecule has 1 unspecified atom stereocenters. The van der Waals surface area contributed by atoms with E-state index in [0.29, 0.717) is 50.0 Å². The number of nitrogens with two attached hydrogens (primary N) is 1. The molecule has 0 fully saturated rings. The van der Waals surface area contributed by atoms with Crippen molar-refractivity contribution in [2.45, 2.75) is 36.9 Å². The third-order valence-electron chi connectivity index (χ3n) is 6.86. The normalized spacial score (nSPS) is 18.2. The van der Waals surface area contributed by atoms with E-state index in [1.54, 1.807) is 42.3 Å². The number of methoxy groups -OCH3 is 1. The maximum atomic E-state index is 13.7. The summed E-state index contributed by atoms with van der Waals surface area (Å²) in [6, 6.07) is 16.6. The maximum Gasteiger partial charge on any atom is 0.234 e. The standard InChI is InChI=1S/C29H27ClN6O3S2/c1-29(2)12-20-25(21(37)13-29)24(16-7-6-8-17(30)11-16)18(14-31)26(32)36(20)27-34-35-28(41-27)40-15-23(38)33-19-9-4-5-10-22(19)39-3/h4-11,24H,12-13,15,32H2,1-3H3,(H,33,38). The highest BCUT2D eigenvalue weighted by molar-refractivity contribution is 8.01. The zero-order valence-corrected chi connectivity index (χ0v) is 25.0. The Kier molecular flexibility index (Phi) is 8.09. The van der Waals surface area contributed by atoms with Crippen molar-refractivity contribution in [3.63, 3.8) is 0 Å². The van der Waals surface area contributed by atoms with E-state index in [9.17, 15) is 14.9 Å². The zero-order chi connectivity index (χ0) is 29.3. The molecule has 1 atom stereocenters. The summed E-state index contributed by atoms with van der Waals surface area (Å²) in [5.74, 6) is -0.0438. The molecule has 0 saturated carbocycles. The van der Waals surface area contributed by atoms with Gasteiger partial charge in [0.2, 0.25) is 11.0 Å². The maximum absolute atomic E-state index is 13.7. The van der Waals surface area contributed by atoms with Gasteiger partial charge >= 0.3 is 0 Å². The molecule has 0 saturated heterocycles. The molecule has 1 aromatic heterocycles. The van der Waals surface area contributed by atoms with E-state index in [2.05, 4.69) is 21.6 Å². The van der Waals surface area contributed by atoms with Gasteiger partial charge in [-0.25, -0.2) is 0 Å². The van der Waals surface area contributed by atoms with Crippen molar-refractivity contribution in [3.05, 3.63) is 81.8 Å². The fraction of sp³-hybridized carbons (Fsp3) is 0.276. The molecule has 9 nitrogen and oxygen atoms in total. The number of hydrogen-bond donors (Lipinski definition) is 2. The van der Waals surface area contributed by atoms with E-state index in [0.717, 1.165) is 5.56 Å². The number of halogens is 1. The van der Waals surface area contributed by atoms with Gasteiger partial charge in [-0.1, -0.05) is 72.8 Å². The van der Waals surface area contributed by atoms with Gasteiger partial charge in [-0.2, -0.15) is 5.26 Å². The molecule has 0 bridgehead atoms. The van der Waals surface area contributed by atoms with Gasteiger partial charge in [-0.15, -0.1) is 10.2 Å². The van der Waals surface area contributed by atoms with Crippen molar-refractivity contribution in [3.8, 4) is 11.8 Å². The van der Waals surface area contributed by atoms with Gasteiger partial charge in [0.25, 0.3) is 0 Å². The molecule has 1 aliphatic carbocycles. The number of carbonyl (C=O) groups excluding carboxylic acids is 2. The van der Waals surface area contributed by atoms with Gasteiger partial charge in [0, 0.05) is 22.7 Å². The van der Waals surface area contributed by atoms with Gasteiger partial charge < -0.3 is 15.8 Å². The SMILES string of the molecule is COc1ccccc1NC(=O)CSc1nnc(N2C(N)=C(C#N)C(c3cccc(Cl)c3)C3=C2CC(C)(C)CC3=O)s1. The van der Waals surface area contributed by atoms with E-state index in [-0.39, 0.29) is 34.3 Å². The second kappa shape index (κ2) is 11.6. The van der Waals surface area contributed by atoms with Crippen LogP contribution in [0.25, 0.3) is 0 Å². The van der Waals surface area contributed by atoms with Crippen LogP contribution in [-0.2, 0) is 9.59 Å². The van der Waals surface area contributed by atoms with Crippen LogP contribution in [0.5, 0.6) is 5.75 Å². The second-order valence-corrected chi connectivity index (χ2v) is 13.0. The van der Waals surface area contributed by atoms with Crippen molar-refractivity contribution in [2.75, 3.05) is 23.1 Å². The molecule has 0 spiro atoms. The Bertz CT molecular complexity index is 1640. The first-order valence-electron chi connectivity index (χ1n) is 12.7. The lowest BCUT2D eigenvalue weighted by Gasteiger charge is -2.42. The first-order chi connectivity index (χ1) is 19.6. The Morgan fingerprint density at radius 3 is 2.78 bits per heavy atom. The van der Waals surface area contributed by atoms with Gasteiger partial charge in [-0.05, 0) is 41.7 Å². The topological polar surface area (TPSA) is 134 Å². The highest BCUT2D eigenvalue weighted by Crippen LogP contribution is 2.51. The first-order valence-corrected chi connectivity index (χ1v) is 14.9. The second-order valence-electron chi connectivity index (χ2n) is 10.4. The summed E-state index contributed by atoms with van der Waals surface area (Å²) in [5, 5.41) is 22.6. The number of ketones is 1. The number of para-hydroxylation sites is 2. The minimum absolute atomic E-state index is 0.0430. The van der Waals surface area contributed by atoms with Crippen LogP contribution in [0.4, 0.5) is 10.8 Å². The molecule has 2 aromatic carbocycles. The Labute approximate surface area is 251 Å². The molecule has 3 N–H and O–H groups in total. The number of allylic oxidation sites excluding steroid dienone is 3. The quantitative estimate of drug-likeness (QED) is 0.316. The lowest BCUT2D eigenvalue weighted by Crippen LogP contribution is -2.42. The fourth-order valence-electron chi connectivity index (χ4n) is 5.16. The van der Waals surface area contributed by atoms with Gasteiger partial charge in [0.15, 0.2) is 10.1 Å². The lowest BCUT2D eigenvalue weighted by atomic mass is 9.69. The number of nitrogens with zero attached hydrogens (tertiary/aromatic N) is 4. The van der Waals surface area contributed by atoms with Crippen LogP contribution < -0.4 is 20.7 Å². The number of ether oxygens (including phenoxy) is 1. The summed E-state index contributed by atoms with van der Waals surface area (Å²) >= 11 is 8.76. The Hall–Kier alpha value is -3.85. The van der Waals surface area contributed by atoms with Crippen LogP contribution in [0, 0.1) is 16.7 Å². The summed E-state index contributed by atoms with van der Waals surface area (Å²) in [6.07, 6.45) is 0.891. The van der Waals surface area contributed by atoms with Gasteiger partial charge in [-0.3, -0.25) is 14.5 Å². The summed E-state index contributed by atoms with van der Waals surface area (Å²) in [5.41, 5.74) is 9.14. The molecule has 41 heavy (non-hydrogen) atoms. The minimum Gasteiger partial charge on any atom is -0.495 e. The Balaban J connectivity index is 1.46. The zero-order valence-electron chi connectivity index (χ0n) is 22.6. The number of amides is 1. The van der Waals surface area contributed by atoms with E-state index in [1.165, 1.54) is 23.1 Å². The predicted octanol–water partition coefficient (Wildman–Crippen LogP) is 5.87. The number of thioether (sulfide) groups is 1. The number of rotatable bonds is 7. The number of hydrogen-bond acceptors (Lipinski definition) is 10. The number of nitriles is 1. The molecule has 12 heteroatoms. The largest absolute Gasteiger partial charge is 0.495 e. The molecule has 2 aliphatic rings. The van der Waals surface area contributed by atoms with Gasteiger partial charge in [0.1, 0.15) is 11.6 Å². The minimum atomic E-state index is -0.631. The van der Waals surface area contributed by atoms with Crippen molar-refractivity contribution >= 4 is 57.2 Å². The van der Waals surface area contributed by atoms with Crippen LogP contribution in [0.2, 0.25) is 5.02 Å². The smallest absolute Gasteiger partial charge is 0.234 e. The van der Waals surface area contributed by atoms with E-state index >= 15 is 0 Å². The van der Waals surface area contributed by atoms with Crippen molar-refractivity contribution in [1.29, 1.82) is 5.26 Å². The van der Waals surface area contributed by atoms with E-state index in [1.807, 2.05) is 32.0 Å². The third-order valence-corrected chi connectivity index (χ3v) is 9.13. The number of benzene rings is 2. The molecule has 5 rings (SSSR count). The third kappa shape index (κ3) is 5.81. The molecule has 1 aliphatic heterocycles. The lowest BCUT2D eigenvalue weighted by molar-refractivity contribution is -0.118. The van der Waals surface area contributed by atoms with E-state index in [4.69, 9.17) is 22.1 Å². The summed E-state index contributed by atoms with van der Waals surface area (Å²) in [6.45, 7) is 4.06. The molecular weight excluding hydrogens is 580 g/mol. The highest BCUT2D eigenvalue weighted by atomic mass is 35.5. The van der Waals surface area contributed by atoms with Crippen LogP contribution in [0.3, 0.4) is 0 Å². The molecule has 3 aromatic rings. The van der Waals surface area contributed by atoms with Crippen molar-refractivity contribution < 1.29 is 14.3 Å². The molecular formula is C29H27ClN6O3S2. The van der Waals surface area contributed by atoms with Crippen LogP contribution in [0.15, 0.2) is 75.5 Å². The molecule has 2 heterocycles. The highest BCUT2D eigenvalue weighted by Gasteiger charge is 2.45. The Morgan fingerprint density at radius 2 is 2.05 bits per heavy atom. The van der Waals surface area contributed by atoms with Crippen LogP contribution in [0.1, 0.15) is 38.2 Å². The van der Waals surface area contributed by atoms with Crippen LogP contribution >= 0.6 is 34.7 Å². The number of carbonyl (C=O) groups is 2. The Morgan fingerprint density at radius 1 is 1.27 bits per heavy atom. The number of nitrogens with one attached hydrogen (secondary N) is 1. The first kappa shape index (κ1) is 28.7. The average molecular weight is 607 g/mol. The van der Waals surface area contributed by atoms with Crippen LogP contribution in [-0.4, -0.2) is 34.8 Å². The average Bonchev–Trinajstić information content (AvgIpc) is 3.39.